The van der Waals surface area contributed by atoms with E-state index in [1.54, 1.807) is 0 Å². The Bertz CT molecular complexity index is 1700. The maximum atomic E-state index is 12.9. The van der Waals surface area contributed by atoms with Crippen LogP contribution in [0.1, 0.15) is 297 Å². The van der Waals surface area contributed by atoms with Crippen LogP contribution in [0.25, 0.3) is 0 Å². The molecule has 0 aliphatic heterocycles. The predicted molar refractivity (Wildman–Crippen MR) is 348 cm³/mol. The molecule has 0 radical (unpaired) electrons. The molecule has 0 heterocycles. The number of rotatable bonds is 59. The predicted octanol–water partition coefficient (Wildman–Crippen LogP) is 22.9. The van der Waals surface area contributed by atoms with Crippen LogP contribution in [0.5, 0.6) is 0 Å². The van der Waals surface area contributed by atoms with Crippen LogP contribution in [-0.4, -0.2) is 37.2 Å². The fraction of sp³-hybridized carbons (Fsp3) is 0.662. The summed E-state index contributed by atoms with van der Waals surface area (Å²) in [5.41, 5.74) is 0. The molecular formula is C74H122O6. The van der Waals surface area contributed by atoms with Crippen LogP contribution >= 0.6 is 0 Å². The molecule has 0 saturated carbocycles. The summed E-state index contributed by atoms with van der Waals surface area (Å²) in [5, 5.41) is 0. The van der Waals surface area contributed by atoms with Crippen molar-refractivity contribution in [2.45, 2.75) is 303 Å². The zero-order chi connectivity index (χ0) is 57.8. The van der Waals surface area contributed by atoms with Crippen molar-refractivity contribution >= 4 is 17.9 Å². The van der Waals surface area contributed by atoms with E-state index in [0.717, 1.165) is 135 Å². The van der Waals surface area contributed by atoms with Gasteiger partial charge in [-0.15, -0.1) is 0 Å². The molecule has 1 atom stereocenters. The SMILES string of the molecule is CC/C=C\C/C=C\C/C=C\C/C=C\C/C=C\C/C=C\C/C=C\C/C=C\C/C=C\CCCCCC(=O)OCC(COC(=O)CCCCCCCCCCCCCCC)OC(=O)CCCCCCCCC/C=C\C/C=C\CCCCCC. The Hall–Kier alpha value is -4.45. The van der Waals surface area contributed by atoms with Crippen molar-refractivity contribution in [3.63, 3.8) is 0 Å². The van der Waals surface area contributed by atoms with E-state index in [0.29, 0.717) is 19.3 Å². The summed E-state index contributed by atoms with van der Waals surface area (Å²) in [4.78, 5) is 38.3. The summed E-state index contributed by atoms with van der Waals surface area (Å²) >= 11 is 0. The van der Waals surface area contributed by atoms with Crippen LogP contribution in [0.4, 0.5) is 0 Å². The van der Waals surface area contributed by atoms with Crippen LogP contribution in [0.15, 0.2) is 134 Å². The molecule has 0 aromatic carbocycles. The normalized spacial score (nSPS) is 13.0. The van der Waals surface area contributed by atoms with Crippen molar-refractivity contribution in [1.82, 2.24) is 0 Å². The van der Waals surface area contributed by atoms with Gasteiger partial charge in [0.25, 0.3) is 0 Å². The smallest absolute Gasteiger partial charge is 0.306 e. The lowest BCUT2D eigenvalue weighted by molar-refractivity contribution is -0.167. The highest BCUT2D eigenvalue weighted by Gasteiger charge is 2.19. The fourth-order valence-electron chi connectivity index (χ4n) is 8.94. The first-order chi connectivity index (χ1) is 39.5. The van der Waals surface area contributed by atoms with Crippen LogP contribution < -0.4 is 0 Å². The standard InChI is InChI=1S/C74H122O6/c1-4-7-10-13-16-19-22-25-27-29-31-32-33-34-35-36-37-38-39-40-41-42-43-45-46-49-52-55-58-61-64-67-73(76)79-70-71(69-78-72(75)66-63-60-57-54-51-48-24-21-18-15-12-9-6-3)80-74(77)68-65-62-59-56-53-50-47-44-30-28-26-23-20-17-14-11-8-5-2/h7,10,16,19-20,23,25,27-28,30-32,34-35,37-38,40-41,43,45,49,52,71H,4-6,8-9,11-15,17-18,21-22,24,26,29,33,36,39,42,44,46-48,50-51,53-70H2,1-3H3/b10-7-,19-16-,23-20-,27-25-,30-28-,32-31-,35-34-,38-37-,41-40-,45-43-,52-49-. The third-order valence-corrected chi connectivity index (χ3v) is 13.9. The number of ether oxygens (including phenoxy) is 3. The van der Waals surface area contributed by atoms with Gasteiger partial charge < -0.3 is 14.2 Å². The van der Waals surface area contributed by atoms with Crippen LogP contribution in [-0.2, 0) is 28.6 Å². The van der Waals surface area contributed by atoms with Gasteiger partial charge in [0.15, 0.2) is 6.10 Å². The number of carbonyl (C=O) groups excluding carboxylic acids is 3. The lowest BCUT2D eigenvalue weighted by Crippen LogP contribution is -2.30. The van der Waals surface area contributed by atoms with Crippen molar-refractivity contribution in [3.8, 4) is 0 Å². The van der Waals surface area contributed by atoms with Crippen molar-refractivity contribution < 1.29 is 28.6 Å². The average Bonchev–Trinajstić information content (AvgIpc) is 3.46. The average molecular weight is 1110 g/mol. The highest BCUT2D eigenvalue weighted by Crippen LogP contribution is 2.15. The van der Waals surface area contributed by atoms with Crippen LogP contribution in [0, 0.1) is 0 Å². The first kappa shape index (κ1) is 75.5. The summed E-state index contributed by atoms with van der Waals surface area (Å²) in [6, 6.07) is 0. The van der Waals surface area contributed by atoms with Crippen molar-refractivity contribution in [1.29, 1.82) is 0 Å². The second-order valence-corrected chi connectivity index (χ2v) is 21.6. The minimum atomic E-state index is -0.800. The second kappa shape index (κ2) is 67.1. The number of hydrogen-bond donors (Lipinski definition) is 0. The molecule has 6 heteroatoms. The summed E-state index contributed by atoms with van der Waals surface area (Å²) in [7, 11) is 0. The summed E-state index contributed by atoms with van der Waals surface area (Å²) in [5.74, 6) is -0.930. The highest BCUT2D eigenvalue weighted by atomic mass is 16.6. The Morgan fingerprint density at radius 1 is 0.263 bits per heavy atom. The van der Waals surface area contributed by atoms with Crippen molar-refractivity contribution in [2.75, 3.05) is 13.2 Å². The largest absolute Gasteiger partial charge is 0.462 e. The van der Waals surface area contributed by atoms with E-state index < -0.39 is 6.10 Å². The lowest BCUT2D eigenvalue weighted by Gasteiger charge is -2.18. The van der Waals surface area contributed by atoms with Crippen molar-refractivity contribution in [2.24, 2.45) is 0 Å². The van der Waals surface area contributed by atoms with Gasteiger partial charge in [-0.05, 0) is 122 Å². The molecule has 0 amide bonds. The Morgan fingerprint density at radius 2 is 0.487 bits per heavy atom. The number of allylic oxidation sites excluding steroid dienone is 22. The number of unbranched alkanes of at least 4 members (excludes halogenated alkanes) is 26. The van der Waals surface area contributed by atoms with E-state index in [1.165, 1.54) is 122 Å². The molecule has 0 saturated heterocycles. The topological polar surface area (TPSA) is 78.9 Å². The summed E-state index contributed by atoms with van der Waals surface area (Å²) in [6.07, 6.45) is 94.6. The van der Waals surface area contributed by atoms with E-state index in [4.69, 9.17) is 14.2 Å². The number of hydrogen-bond acceptors (Lipinski definition) is 6. The Morgan fingerprint density at radius 3 is 0.787 bits per heavy atom. The molecule has 1 unspecified atom stereocenters. The fourth-order valence-corrected chi connectivity index (χ4v) is 8.94. The molecule has 0 spiro atoms. The number of esters is 3. The van der Waals surface area contributed by atoms with Crippen LogP contribution in [0.2, 0.25) is 0 Å². The maximum absolute atomic E-state index is 12.9. The van der Waals surface area contributed by atoms with Gasteiger partial charge in [0, 0.05) is 19.3 Å². The van der Waals surface area contributed by atoms with Gasteiger partial charge in [-0.1, -0.05) is 289 Å². The van der Waals surface area contributed by atoms with Gasteiger partial charge in [0.2, 0.25) is 0 Å². The summed E-state index contributed by atoms with van der Waals surface area (Å²) < 4.78 is 16.9. The molecule has 6 nitrogen and oxygen atoms in total. The molecule has 0 aromatic heterocycles. The van der Waals surface area contributed by atoms with E-state index in [1.807, 2.05) is 0 Å². The molecule has 0 N–H and O–H groups in total. The van der Waals surface area contributed by atoms with E-state index >= 15 is 0 Å². The molecule has 0 rings (SSSR count). The van der Waals surface area contributed by atoms with Gasteiger partial charge in [0.05, 0.1) is 0 Å². The molecular weight excluding hydrogens is 985 g/mol. The zero-order valence-corrected chi connectivity index (χ0v) is 52.0. The zero-order valence-electron chi connectivity index (χ0n) is 52.0. The lowest BCUT2D eigenvalue weighted by atomic mass is 10.0. The highest BCUT2D eigenvalue weighted by molar-refractivity contribution is 5.71. The van der Waals surface area contributed by atoms with E-state index in [-0.39, 0.29) is 31.1 Å². The maximum Gasteiger partial charge on any atom is 0.306 e. The molecule has 80 heavy (non-hydrogen) atoms. The minimum absolute atomic E-state index is 0.0927. The van der Waals surface area contributed by atoms with Gasteiger partial charge in [-0.25, -0.2) is 0 Å². The second-order valence-electron chi connectivity index (χ2n) is 21.6. The molecule has 0 fully saturated rings. The van der Waals surface area contributed by atoms with Crippen LogP contribution in [0.3, 0.4) is 0 Å². The Balaban J connectivity index is 4.39. The molecule has 0 aliphatic carbocycles. The van der Waals surface area contributed by atoms with Crippen molar-refractivity contribution in [3.05, 3.63) is 134 Å². The Labute approximate surface area is 494 Å². The monoisotopic (exact) mass is 1110 g/mol. The molecule has 454 valence electrons. The first-order valence-corrected chi connectivity index (χ1v) is 33.2. The minimum Gasteiger partial charge on any atom is -0.462 e. The molecule has 0 aromatic rings. The van der Waals surface area contributed by atoms with E-state index in [9.17, 15) is 14.4 Å². The summed E-state index contributed by atoms with van der Waals surface area (Å²) in [6.45, 7) is 6.49. The van der Waals surface area contributed by atoms with E-state index in [2.05, 4.69) is 154 Å². The van der Waals surface area contributed by atoms with Gasteiger partial charge >= 0.3 is 17.9 Å². The van der Waals surface area contributed by atoms with Gasteiger partial charge in [0.1, 0.15) is 13.2 Å². The molecule has 0 aliphatic rings. The third kappa shape index (κ3) is 64.4. The third-order valence-electron chi connectivity index (χ3n) is 13.9. The first-order valence-electron chi connectivity index (χ1n) is 33.2. The molecule has 0 bridgehead atoms. The van der Waals surface area contributed by atoms with Gasteiger partial charge in [-0.3, -0.25) is 14.4 Å². The quantitative estimate of drug-likeness (QED) is 0.0261. The number of carbonyl (C=O) groups is 3. The van der Waals surface area contributed by atoms with Gasteiger partial charge in [-0.2, -0.15) is 0 Å². The Kier molecular flexibility index (Phi) is 63.3.